The fraction of sp³-hybridized carbons (Fsp3) is 0.0408. The van der Waals surface area contributed by atoms with Crippen molar-refractivity contribution < 1.29 is 4.57 Å². The minimum absolute atomic E-state index is 0.274. The largest absolute Gasteiger partial charge is 0.644 e. The zero-order valence-electron chi connectivity index (χ0n) is 30.3. The summed E-state index contributed by atoms with van der Waals surface area (Å²) >= 11 is 0. The van der Waals surface area contributed by atoms with Crippen LogP contribution >= 0.6 is 0 Å². The molecule has 0 radical (unpaired) electrons. The molecule has 0 amide bonds. The molecule has 2 aliphatic heterocycles. The van der Waals surface area contributed by atoms with Crippen LogP contribution in [0.3, 0.4) is 0 Å². The fourth-order valence-electron chi connectivity index (χ4n) is 8.63. The number of aromatic nitrogens is 1. The van der Waals surface area contributed by atoms with Crippen molar-refractivity contribution in [3.8, 4) is 44.5 Å². The van der Waals surface area contributed by atoms with Crippen LogP contribution in [-0.4, -0.2) is 7.12 Å². The predicted molar refractivity (Wildman–Crippen MR) is 226 cm³/mol. The van der Waals surface area contributed by atoms with Gasteiger partial charge in [0, 0.05) is 27.9 Å². The summed E-state index contributed by atoms with van der Waals surface area (Å²) in [4.78, 5) is 7.80. The van der Waals surface area contributed by atoms with Gasteiger partial charge in [0.2, 0.25) is 0 Å². The third kappa shape index (κ3) is 4.97. The van der Waals surface area contributed by atoms with E-state index in [2.05, 4.69) is 227 Å². The van der Waals surface area contributed by atoms with Crippen LogP contribution in [-0.2, 0) is 7.05 Å². The average molecular weight is 694 g/mol. The lowest BCUT2D eigenvalue weighted by molar-refractivity contribution is -0.657. The molecule has 3 heterocycles. The summed E-state index contributed by atoms with van der Waals surface area (Å²) in [6.45, 7) is 2.25. The van der Waals surface area contributed by atoms with Gasteiger partial charge in [0.15, 0.2) is 0 Å². The van der Waals surface area contributed by atoms with E-state index in [1.165, 1.54) is 72.8 Å². The van der Waals surface area contributed by atoms with Crippen LogP contribution in [0.4, 0.5) is 34.3 Å². The second-order valence-corrected chi connectivity index (χ2v) is 14.1. The number of aryl methyl sites for hydroxylation is 2. The molecule has 0 spiro atoms. The van der Waals surface area contributed by atoms with Crippen molar-refractivity contribution in [3.63, 3.8) is 0 Å². The van der Waals surface area contributed by atoms with Crippen molar-refractivity contribution in [1.29, 1.82) is 0 Å². The smallest absolute Gasteiger partial charge is 0.318 e. The molecule has 8 aromatic rings. The fourth-order valence-corrected chi connectivity index (χ4v) is 8.63. The Labute approximate surface area is 317 Å². The zero-order valence-corrected chi connectivity index (χ0v) is 30.3. The molecule has 4 nitrogen and oxygen atoms in total. The number of hydrogen-bond donors (Lipinski definition) is 0. The molecule has 54 heavy (non-hydrogen) atoms. The number of hydrogen-bond acceptors (Lipinski definition) is 3. The maximum atomic E-state index is 2.61. The van der Waals surface area contributed by atoms with Gasteiger partial charge in [0.05, 0.1) is 24.6 Å². The van der Waals surface area contributed by atoms with Gasteiger partial charge in [0.1, 0.15) is 11.4 Å². The standard InChI is InChI=1S/C49H38BN4/c1-35-19-15-32-44-46(35)54-49-45(33-18-34-51(49)2)53(48-42(38-24-11-5-12-25-38)30-17-31-43(48)39-26-13-6-14-27-39)50(54)52(44)47-40(36-20-7-3-8-21-36)28-16-29-41(47)37-22-9-4-10-23-37/h3-34H,1-2H3/q+1. The average Bonchev–Trinajstić information content (AvgIpc) is 3.75. The lowest BCUT2D eigenvalue weighted by Crippen LogP contribution is -2.53. The SMILES string of the molecule is Cc1cccc2c1N1B(N2c2c(-c3ccccc3)cccc2-c2ccccc2)N(c2c(-c3ccccc3)cccc2-c2ccccc2)c2ccc[n+](C)c21. The number of fused-ring (bicyclic) bond motifs is 5. The van der Waals surface area contributed by atoms with E-state index in [0.717, 1.165) is 11.5 Å². The van der Waals surface area contributed by atoms with Crippen molar-refractivity contribution in [2.45, 2.75) is 6.92 Å². The molecule has 0 saturated heterocycles. The number of nitrogens with zero attached hydrogens (tertiary/aromatic N) is 4. The molecule has 2 aliphatic rings. The Morgan fingerprint density at radius 1 is 0.370 bits per heavy atom. The van der Waals surface area contributed by atoms with Crippen LogP contribution in [0.25, 0.3) is 44.5 Å². The molecule has 0 saturated carbocycles. The first kappa shape index (κ1) is 31.9. The summed E-state index contributed by atoms with van der Waals surface area (Å²) in [6, 6.07) is 68.2. The van der Waals surface area contributed by atoms with E-state index in [-0.39, 0.29) is 7.12 Å². The summed E-state index contributed by atoms with van der Waals surface area (Å²) in [7, 11) is 1.90. The van der Waals surface area contributed by atoms with Crippen molar-refractivity contribution >= 4 is 41.4 Å². The van der Waals surface area contributed by atoms with Crippen molar-refractivity contribution in [1.82, 2.24) is 0 Å². The van der Waals surface area contributed by atoms with Gasteiger partial charge in [-0.2, -0.15) is 0 Å². The van der Waals surface area contributed by atoms with Gasteiger partial charge >= 0.3 is 7.12 Å². The van der Waals surface area contributed by atoms with Crippen LogP contribution in [0.1, 0.15) is 5.56 Å². The quantitative estimate of drug-likeness (QED) is 0.127. The minimum Gasteiger partial charge on any atom is -0.318 e. The van der Waals surface area contributed by atoms with E-state index in [1.807, 2.05) is 0 Å². The summed E-state index contributed by atoms with van der Waals surface area (Å²) in [5.41, 5.74) is 16.6. The second kappa shape index (κ2) is 13.0. The molecule has 5 heteroatoms. The normalized spacial score (nSPS) is 12.9. The van der Waals surface area contributed by atoms with E-state index in [4.69, 9.17) is 0 Å². The number of rotatable bonds is 6. The molecule has 0 atom stereocenters. The minimum atomic E-state index is -0.274. The Morgan fingerprint density at radius 3 is 1.20 bits per heavy atom. The Bertz CT molecular complexity index is 2350. The third-order valence-corrected chi connectivity index (χ3v) is 10.9. The molecule has 0 aliphatic carbocycles. The summed E-state index contributed by atoms with van der Waals surface area (Å²) in [5.74, 6) is 1.15. The maximum absolute atomic E-state index is 2.61. The molecule has 10 rings (SSSR count). The first-order valence-corrected chi connectivity index (χ1v) is 18.6. The van der Waals surface area contributed by atoms with Gasteiger partial charge in [0.25, 0.3) is 5.82 Å². The highest BCUT2D eigenvalue weighted by atomic mass is 15.5. The van der Waals surface area contributed by atoms with E-state index < -0.39 is 0 Å². The second-order valence-electron chi connectivity index (χ2n) is 14.1. The van der Waals surface area contributed by atoms with Gasteiger partial charge in [-0.1, -0.05) is 170 Å². The van der Waals surface area contributed by atoms with Crippen LogP contribution < -0.4 is 19.0 Å². The summed E-state index contributed by atoms with van der Waals surface area (Å²) < 4.78 is 2.29. The van der Waals surface area contributed by atoms with Gasteiger partial charge in [-0.25, -0.2) is 9.38 Å². The molecule has 0 bridgehead atoms. The van der Waals surface area contributed by atoms with Crippen molar-refractivity contribution in [2.24, 2.45) is 7.05 Å². The molecule has 1 aromatic heterocycles. The first-order valence-electron chi connectivity index (χ1n) is 18.6. The molecule has 0 N–H and O–H groups in total. The van der Waals surface area contributed by atoms with Gasteiger partial charge in [-0.3, -0.25) is 0 Å². The molecule has 7 aromatic carbocycles. The molecule has 0 unspecified atom stereocenters. The monoisotopic (exact) mass is 693 g/mol. The van der Waals surface area contributed by atoms with Gasteiger partial charge < -0.3 is 9.62 Å². The predicted octanol–water partition coefficient (Wildman–Crippen LogP) is 11.9. The van der Waals surface area contributed by atoms with E-state index in [1.54, 1.807) is 0 Å². The summed E-state index contributed by atoms with van der Waals surface area (Å²) in [5, 5.41) is 0. The summed E-state index contributed by atoms with van der Waals surface area (Å²) in [6.07, 6.45) is 2.18. The lowest BCUT2D eigenvalue weighted by Gasteiger charge is -2.33. The Kier molecular flexibility index (Phi) is 7.66. The van der Waals surface area contributed by atoms with Gasteiger partial charge in [-0.15, -0.1) is 0 Å². The zero-order chi connectivity index (χ0) is 36.2. The highest BCUT2D eigenvalue weighted by molar-refractivity contribution is 6.80. The number of para-hydroxylation sites is 3. The van der Waals surface area contributed by atoms with Crippen molar-refractivity contribution in [3.05, 3.63) is 200 Å². The molecular formula is C49H38BN4+. The maximum Gasteiger partial charge on any atom is 0.644 e. The topological polar surface area (TPSA) is 13.6 Å². The van der Waals surface area contributed by atoms with E-state index >= 15 is 0 Å². The van der Waals surface area contributed by atoms with E-state index in [0.29, 0.717) is 0 Å². The molecular weight excluding hydrogens is 655 g/mol. The Balaban J connectivity index is 1.34. The Morgan fingerprint density at radius 2 is 0.759 bits per heavy atom. The Hall–Kier alpha value is -6.85. The van der Waals surface area contributed by atoms with Gasteiger partial charge in [-0.05, 0) is 52.9 Å². The molecule has 256 valence electrons. The highest BCUT2D eigenvalue weighted by Crippen LogP contribution is 2.59. The number of pyridine rings is 1. The lowest BCUT2D eigenvalue weighted by atomic mass is 9.81. The third-order valence-electron chi connectivity index (χ3n) is 10.9. The number of anilines is 6. The number of benzene rings is 7. The molecule has 0 fully saturated rings. The highest BCUT2D eigenvalue weighted by Gasteiger charge is 2.63. The van der Waals surface area contributed by atoms with Crippen LogP contribution in [0, 0.1) is 6.92 Å². The first-order chi connectivity index (χ1) is 26.7. The van der Waals surface area contributed by atoms with Crippen LogP contribution in [0.5, 0.6) is 0 Å². The van der Waals surface area contributed by atoms with Crippen molar-refractivity contribution in [2.75, 3.05) is 14.4 Å². The van der Waals surface area contributed by atoms with Crippen LogP contribution in [0.15, 0.2) is 194 Å². The van der Waals surface area contributed by atoms with Crippen LogP contribution in [0.2, 0.25) is 0 Å². The van der Waals surface area contributed by atoms with E-state index in [9.17, 15) is 0 Å².